The molecular formula is C13H30N2O2SSi. The summed E-state index contributed by atoms with van der Waals surface area (Å²) in [5.41, 5.74) is 0. The number of nitrogens with zero attached hydrogens (tertiary/aromatic N) is 1. The molecule has 0 saturated carbocycles. The lowest BCUT2D eigenvalue weighted by Gasteiger charge is -2.33. The van der Waals surface area contributed by atoms with Crippen molar-refractivity contribution in [1.29, 1.82) is 0 Å². The minimum atomic E-state index is -2.66. The van der Waals surface area contributed by atoms with Crippen LogP contribution in [0.25, 0.3) is 0 Å². The smallest absolute Gasteiger partial charge is 0.194 e. The second kappa shape index (κ2) is 7.01. The van der Waals surface area contributed by atoms with Crippen LogP contribution in [0, 0.1) is 5.92 Å². The first-order valence-corrected chi connectivity index (χ1v) is 11.3. The third-order valence-electron chi connectivity index (χ3n) is 3.60. The van der Waals surface area contributed by atoms with E-state index in [4.69, 9.17) is 9.88 Å². The highest BCUT2D eigenvalue weighted by atomic mass is 32.2. The first-order chi connectivity index (χ1) is 8.45. The highest BCUT2D eigenvalue weighted by Gasteiger charge is 2.37. The van der Waals surface area contributed by atoms with E-state index in [2.05, 4.69) is 44.5 Å². The van der Waals surface area contributed by atoms with Crippen LogP contribution in [0.5, 0.6) is 0 Å². The van der Waals surface area contributed by atoms with E-state index >= 15 is 0 Å². The molecule has 0 aliphatic rings. The van der Waals surface area contributed by atoms with E-state index in [1.807, 2.05) is 6.08 Å². The van der Waals surface area contributed by atoms with Gasteiger partial charge in [-0.05, 0) is 30.5 Å². The molecule has 0 fully saturated rings. The Morgan fingerprint density at radius 3 is 2.37 bits per heavy atom. The van der Waals surface area contributed by atoms with Gasteiger partial charge in [-0.15, -0.1) is 6.58 Å². The third-order valence-corrected chi connectivity index (χ3v) is 11.3. The summed E-state index contributed by atoms with van der Waals surface area (Å²) in [6.07, 6.45) is 2.56. The van der Waals surface area contributed by atoms with Gasteiger partial charge >= 0.3 is 0 Å². The predicted molar refractivity (Wildman–Crippen MR) is 87.0 cm³/mol. The Morgan fingerprint density at radius 2 is 2.00 bits per heavy atom. The molecule has 0 heterocycles. The van der Waals surface area contributed by atoms with Gasteiger partial charge in [-0.1, -0.05) is 26.8 Å². The second-order valence-electron chi connectivity index (χ2n) is 6.60. The summed E-state index contributed by atoms with van der Waals surface area (Å²) in [4.78, 5) is 0. The van der Waals surface area contributed by atoms with E-state index in [1.165, 1.54) is 0 Å². The summed E-state index contributed by atoms with van der Waals surface area (Å²) >= 11 is 0. The molecule has 0 radical (unpaired) electrons. The maximum Gasteiger partial charge on any atom is 0.194 e. The molecule has 0 bridgehead atoms. The minimum Gasteiger partial charge on any atom is -0.384 e. The van der Waals surface area contributed by atoms with Gasteiger partial charge in [-0.2, -0.15) is 0 Å². The first kappa shape index (κ1) is 18.8. The SMILES string of the molecule is C=CC[C@H](COC)CS(N)(=O)=N[Si](C)(C)C(C)(C)C. The van der Waals surface area contributed by atoms with E-state index in [0.29, 0.717) is 12.4 Å². The summed E-state index contributed by atoms with van der Waals surface area (Å²) in [6.45, 7) is 14.9. The van der Waals surface area contributed by atoms with Crippen LogP contribution in [0.4, 0.5) is 0 Å². The molecule has 0 aliphatic carbocycles. The monoisotopic (exact) mass is 306 g/mol. The molecule has 19 heavy (non-hydrogen) atoms. The van der Waals surface area contributed by atoms with Crippen LogP contribution in [0.15, 0.2) is 16.7 Å². The van der Waals surface area contributed by atoms with Gasteiger partial charge in [0.05, 0.1) is 16.5 Å². The normalized spacial score (nSPS) is 17.6. The van der Waals surface area contributed by atoms with Crippen molar-refractivity contribution in [3.8, 4) is 0 Å². The van der Waals surface area contributed by atoms with Crippen molar-refractivity contribution in [3.05, 3.63) is 12.7 Å². The molecule has 2 N–H and O–H groups in total. The van der Waals surface area contributed by atoms with Crippen LogP contribution in [0.2, 0.25) is 18.1 Å². The molecule has 1 unspecified atom stereocenters. The fraction of sp³-hybridized carbons (Fsp3) is 0.846. The lowest BCUT2D eigenvalue weighted by atomic mass is 10.1. The Morgan fingerprint density at radius 1 is 1.47 bits per heavy atom. The molecule has 114 valence electrons. The summed E-state index contributed by atoms with van der Waals surface area (Å²) in [6, 6.07) is 0. The fourth-order valence-electron chi connectivity index (χ4n) is 1.55. The van der Waals surface area contributed by atoms with Crippen molar-refractivity contribution in [2.45, 2.75) is 45.3 Å². The Kier molecular flexibility index (Phi) is 6.95. The topological polar surface area (TPSA) is 64.7 Å². The number of hydrogen-bond donors (Lipinski definition) is 1. The lowest BCUT2D eigenvalue weighted by molar-refractivity contribution is 0.162. The van der Waals surface area contributed by atoms with E-state index in [1.54, 1.807) is 7.11 Å². The molecule has 0 aromatic heterocycles. The maximum atomic E-state index is 12.6. The minimum absolute atomic E-state index is 0.0459. The predicted octanol–water partition coefficient (Wildman–Crippen LogP) is 3.17. The Balaban J connectivity index is 5.15. The Bertz CT molecular complexity index is 407. The number of ether oxygens (including phenoxy) is 1. The zero-order valence-corrected chi connectivity index (χ0v) is 15.0. The van der Waals surface area contributed by atoms with Crippen molar-refractivity contribution in [2.75, 3.05) is 19.5 Å². The number of methoxy groups -OCH3 is 1. The van der Waals surface area contributed by atoms with Gasteiger partial charge < -0.3 is 4.74 Å². The van der Waals surface area contributed by atoms with Crippen LogP contribution in [0.3, 0.4) is 0 Å². The van der Waals surface area contributed by atoms with Gasteiger partial charge in [-0.25, -0.2) is 9.35 Å². The van der Waals surface area contributed by atoms with Crippen molar-refractivity contribution < 1.29 is 8.95 Å². The van der Waals surface area contributed by atoms with Crippen molar-refractivity contribution in [3.63, 3.8) is 0 Å². The molecule has 0 saturated heterocycles. The van der Waals surface area contributed by atoms with E-state index in [9.17, 15) is 4.21 Å². The van der Waals surface area contributed by atoms with Gasteiger partial charge in [0.2, 0.25) is 0 Å². The van der Waals surface area contributed by atoms with Crippen LogP contribution >= 0.6 is 0 Å². The number of hydrogen-bond acceptors (Lipinski definition) is 3. The van der Waals surface area contributed by atoms with Gasteiger partial charge in [0.1, 0.15) is 0 Å². The van der Waals surface area contributed by atoms with Gasteiger partial charge in [0.25, 0.3) is 0 Å². The van der Waals surface area contributed by atoms with Crippen molar-refractivity contribution in [1.82, 2.24) is 0 Å². The highest BCUT2D eigenvalue weighted by molar-refractivity contribution is 7.92. The number of rotatable bonds is 7. The molecular weight excluding hydrogens is 276 g/mol. The van der Waals surface area contributed by atoms with Crippen molar-refractivity contribution >= 4 is 18.2 Å². The zero-order chi connectivity index (χ0) is 15.3. The zero-order valence-electron chi connectivity index (χ0n) is 13.2. The van der Waals surface area contributed by atoms with E-state index < -0.39 is 18.2 Å². The molecule has 2 atom stereocenters. The molecule has 0 aromatic rings. The average Bonchev–Trinajstić information content (AvgIpc) is 2.13. The summed E-state index contributed by atoms with van der Waals surface area (Å²) in [5, 5.41) is 6.01. The van der Waals surface area contributed by atoms with E-state index in [0.717, 1.165) is 6.42 Å². The molecule has 6 heteroatoms. The molecule has 0 aliphatic heterocycles. The Labute approximate surface area is 120 Å². The quantitative estimate of drug-likeness (QED) is 0.580. The maximum absolute atomic E-state index is 12.6. The van der Waals surface area contributed by atoms with Crippen LogP contribution in [-0.4, -0.2) is 31.9 Å². The largest absolute Gasteiger partial charge is 0.384 e. The van der Waals surface area contributed by atoms with Crippen LogP contribution in [-0.2, 0) is 14.7 Å². The third kappa shape index (κ3) is 6.69. The Hall–Kier alpha value is -0.173. The fourth-order valence-corrected chi connectivity index (χ4v) is 6.95. The van der Waals surface area contributed by atoms with Crippen LogP contribution in [0.1, 0.15) is 27.2 Å². The summed E-state index contributed by atoms with van der Waals surface area (Å²) < 4.78 is 22.3. The summed E-state index contributed by atoms with van der Waals surface area (Å²) in [7, 11) is -3.01. The second-order valence-corrected chi connectivity index (χ2v) is 13.7. The average molecular weight is 307 g/mol. The standard InChI is InChI=1S/C13H30N2O2SSi/c1-8-9-12(10-17-5)11-18(14,16)15-19(6,7)13(2,3)4/h8,12H,1,9-11H2,2-7H3,(H2,14,15,16)/t12-,18?/m1/s1. The van der Waals surface area contributed by atoms with Crippen molar-refractivity contribution in [2.24, 2.45) is 15.1 Å². The van der Waals surface area contributed by atoms with Crippen LogP contribution < -0.4 is 5.14 Å². The number of allylic oxidation sites excluding steroid dienone is 1. The lowest BCUT2D eigenvalue weighted by Crippen LogP contribution is -2.39. The highest BCUT2D eigenvalue weighted by Crippen LogP contribution is 2.37. The molecule has 0 rings (SSSR count). The molecule has 0 aromatic carbocycles. The van der Waals surface area contributed by atoms with Gasteiger partial charge in [0, 0.05) is 12.9 Å². The molecule has 4 nitrogen and oxygen atoms in total. The summed E-state index contributed by atoms with van der Waals surface area (Å²) in [5.74, 6) is 0.493. The first-order valence-electron chi connectivity index (χ1n) is 6.59. The molecule has 0 amide bonds. The van der Waals surface area contributed by atoms with Gasteiger partial charge in [-0.3, -0.25) is 4.03 Å². The van der Waals surface area contributed by atoms with Gasteiger partial charge in [0.15, 0.2) is 8.24 Å². The van der Waals surface area contributed by atoms with E-state index in [-0.39, 0.29) is 11.0 Å². The molecule has 0 spiro atoms. The number of nitrogens with two attached hydrogens (primary N) is 1.